The number of nitrogens with one attached hydrogen (secondary N) is 1. The predicted octanol–water partition coefficient (Wildman–Crippen LogP) is 2.15. The van der Waals surface area contributed by atoms with E-state index in [4.69, 9.17) is 4.99 Å². The lowest BCUT2D eigenvalue weighted by Gasteiger charge is -2.38. The molecular weight excluding hydrogens is 344 g/mol. The van der Waals surface area contributed by atoms with Crippen molar-refractivity contribution in [2.45, 2.75) is 44.7 Å². The lowest BCUT2D eigenvalue weighted by Crippen LogP contribution is -2.52. The van der Waals surface area contributed by atoms with Crippen molar-refractivity contribution in [2.75, 3.05) is 0 Å². The van der Waals surface area contributed by atoms with E-state index < -0.39 is 0 Å². The van der Waals surface area contributed by atoms with Gasteiger partial charge < -0.3 is 4.98 Å². The van der Waals surface area contributed by atoms with E-state index in [2.05, 4.69) is 29.9 Å². The van der Waals surface area contributed by atoms with E-state index in [-0.39, 0.29) is 22.6 Å². The molecule has 2 aliphatic carbocycles. The van der Waals surface area contributed by atoms with E-state index in [1.807, 2.05) is 28.3 Å². The molecule has 3 atom stereocenters. The molecule has 3 heterocycles. The fraction of sp³-hybridized carbons (Fsp3) is 0.450. The van der Waals surface area contributed by atoms with Crippen molar-refractivity contribution in [2.24, 2.45) is 16.3 Å². The van der Waals surface area contributed by atoms with Crippen molar-refractivity contribution in [3.63, 3.8) is 0 Å². The molecule has 1 aliphatic heterocycles. The average molecular weight is 364 g/mol. The van der Waals surface area contributed by atoms with Crippen LogP contribution in [0.5, 0.6) is 0 Å². The summed E-state index contributed by atoms with van der Waals surface area (Å²) >= 11 is 1.62. The number of H-pyrrole nitrogens is 1. The third kappa shape index (κ3) is 1.56. The molecule has 5 nitrogen and oxygen atoms in total. The van der Waals surface area contributed by atoms with Crippen LogP contribution in [-0.2, 0) is 5.54 Å². The summed E-state index contributed by atoms with van der Waals surface area (Å²) in [6, 6.07) is 6.37. The van der Waals surface area contributed by atoms with Gasteiger partial charge in [0.15, 0.2) is 0 Å². The first-order chi connectivity index (χ1) is 12.5. The Morgan fingerprint density at radius 1 is 1.38 bits per heavy atom. The minimum Gasteiger partial charge on any atom is -0.321 e. The zero-order valence-electron chi connectivity index (χ0n) is 14.8. The summed E-state index contributed by atoms with van der Waals surface area (Å²) < 4.78 is 3.14. The lowest BCUT2D eigenvalue weighted by atomic mass is 9.75. The van der Waals surface area contributed by atoms with Gasteiger partial charge in [-0.1, -0.05) is 19.9 Å². The maximum atomic E-state index is 13.3. The normalized spacial score (nSPS) is 31.4. The van der Waals surface area contributed by atoms with E-state index in [9.17, 15) is 4.79 Å². The van der Waals surface area contributed by atoms with Crippen LogP contribution in [0.3, 0.4) is 0 Å². The van der Waals surface area contributed by atoms with E-state index >= 15 is 0 Å². The molecule has 2 saturated carbocycles. The Kier molecular flexibility index (Phi) is 2.61. The Bertz CT molecular complexity index is 1250. The summed E-state index contributed by atoms with van der Waals surface area (Å²) in [5, 5.41) is 0.631. The van der Waals surface area contributed by atoms with Crippen molar-refractivity contribution in [1.82, 2.24) is 14.5 Å². The molecule has 2 unspecified atom stereocenters. The molecule has 0 amide bonds. The standard InChI is InChI=1S/C20H20N4OS/c1-19(2)12-5-6-20(19)16(9-12)23-18-22-14(17(25)24(18)20)7-11-3-4-13-15(8-11)26-10-21-13/h3-4,7-8,10,12,16H,5-6,9H2,1-2H3,(H,22,23)/b14-7-/t12?,16-,20?/m1/s1. The number of rotatable bonds is 1. The molecule has 132 valence electrons. The van der Waals surface area contributed by atoms with Crippen LogP contribution in [0, 0.1) is 11.3 Å². The van der Waals surface area contributed by atoms with Gasteiger partial charge in [-0.25, -0.2) is 9.98 Å². The summed E-state index contributed by atoms with van der Waals surface area (Å²) in [5.41, 5.74) is 4.70. The molecule has 6 heteroatoms. The first-order valence-corrected chi connectivity index (χ1v) is 10.1. The third-order valence-electron chi connectivity index (χ3n) is 7.30. The highest BCUT2D eigenvalue weighted by Gasteiger charge is 2.68. The molecule has 1 aromatic carbocycles. The van der Waals surface area contributed by atoms with Gasteiger partial charge in [0.25, 0.3) is 5.56 Å². The van der Waals surface area contributed by atoms with E-state index in [1.54, 1.807) is 11.3 Å². The highest BCUT2D eigenvalue weighted by atomic mass is 32.1. The number of thiazole rings is 1. The highest BCUT2D eigenvalue weighted by Crippen LogP contribution is 2.65. The van der Waals surface area contributed by atoms with Gasteiger partial charge in [0.1, 0.15) is 5.35 Å². The van der Waals surface area contributed by atoms with Crippen molar-refractivity contribution < 1.29 is 0 Å². The Balaban J connectivity index is 1.57. The third-order valence-corrected chi connectivity index (χ3v) is 8.10. The monoisotopic (exact) mass is 364 g/mol. The molecule has 26 heavy (non-hydrogen) atoms. The quantitative estimate of drug-likeness (QED) is 0.719. The molecule has 2 fully saturated rings. The largest absolute Gasteiger partial charge is 0.321 e. The van der Waals surface area contributed by atoms with Crippen LogP contribution in [0.15, 0.2) is 33.5 Å². The van der Waals surface area contributed by atoms with Crippen LogP contribution in [0.2, 0.25) is 0 Å². The van der Waals surface area contributed by atoms with Crippen LogP contribution in [0.4, 0.5) is 0 Å². The maximum absolute atomic E-state index is 13.3. The van der Waals surface area contributed by atoms with Crippen molar-refractivity contribution in [1.29, 1.82) is 0 Å². The number of benzene rings is 1. The van der Waals surface area contributed by atoms with Crippen molar-refractivity contribution in [3.05, 3.63) is 50.6 Å². The van der Waals surface area contributed by atoms with Gasteiger partial charge in [-0.15, -0.1) is 11.3 Å². The lowest BCUT2D eigenvalue weighted by molar-refractivity contribution is 0.130. The summed E-state index contributed by atoms with van der Waals surface area (Å²) in [5.74, 6) is 0.673. The van der Waals surface area contributed by atoms with Crippen LogP contribution >= 0.6 is 11.3 Å². The molecule has 6 rings (SSSR count). The Morgan fingerprint density at radius 2 is 2.27 bits per heavy atom. The van der Waals surface area contributed by atoms with Gasteiger partial charge in [0.05, 0.1) is 27.3 Å². The maximum Gasteiger partial charge on any atom is 0.277 e. The molecule has 3 aliphatic rings. The number of hydrogen-bond donors (Lipinski definition) is 1. The molecule has 1 N–H and O–H groups in total. The summed E-state index contributed by atoms with van der Waals surface area (Å²) in [6.07, 6.45) is 5.33. The van der Waals surface area contributed by atoms with Gasteiger partial charge in [-0.3, -0.25) is 9.36 Å². The topological polar surface area (TPSA) is 63.0 Å². The van der Waals surface area contributed by atoms with E-state index in [0.29, 0.717) is 11.3 Å². The van der Waals surface area contributed by atoms with Gasteiger partial charge in [0, 0.05) is 0 Å². The zero-order chi connectivity index (χ0) is 17.7. The van der Waals surface area contributed by atoms with Crippen LogP contribution in [-0.4, -0.2) is 20.6 Å². The number of aromatic nitrogens is 3. The molecule has 3 aromatic rings. The Hall–Kier alpha value is -2.21. The molecule has 2 aromatic heterocycles. The second-order valence-corrected chi connectivity index (χ2v) is 9.38. The second-order valence-electron chi connectivity index (χ2n) is 8.49. The van der Waals surface area contributed by atoms with E-state index in [1.165, 1.54) is 6.42 Å². The van der Waals surface area contributed by atoms with Crippen LogP contribution in [0.1, 0.15) is 38.7 Å². The summed E-state index contributed by atoms with van der Waals surface area (Å²) in [6.45, 7) is 4.66. The predicted molar refractivity (Wildman–Crippen MR) is 102 cm³/mol. The number of fused-ring (bicyclic) bond motifs is 3. The Morgan fingerprint density at radius 3 is 3.12 bits per heavy atom. The first kappa shape index (κ1) is 14.9. The SMILES string of the molecule is CC1(C)C2CCC13[C@@H](C2)N=c1[nH]/c(=C\c2ccc4ncsc4c2)c(=O)n13. The number of imidazole rings is 1. The molecular formula is C20H20N4OS. The number of hydrogen-bond acceptors (Lipinski definition) is 4. The first-order valence-electron chi connectivity index (χ1n) is 9.25. The van der Waals surface area contributed by atoms with Gasteiger partial charge in [0.2, 0.25) is 5.62 Å². The van der Waals surface area contributed by atoms with Crippen LogP contribution < -0.4 is 16.5 Å². The number of aromatic amines is 1. The fourth-order valence-electron chi connectivity index (χ4n) is 5.89. The molecule has 1 spiro atoms. The zero-order valence-corrected chi connectivity index (χ0v) is 15.6. The van der Waals surface area contributed by atoms with Crippen molar-refractivity contribution in [3.8, 4) is 0 Å². The van der Waals surface area contributed by atoms with Gasteiger partial charge in [-0.2, -0.15) is 0 Å². The summed E-state index contributed by atoms with van der Waals surface area (Å²) in [4.78, 5) is 25.9. The number of nitrogens with zero attached hydrogens (tertiary/aromatic N) is 3. The Labute approximate surface area is 154 Å². The van der Waals surface area contributed by atoms with E-state index in [0.717, 1.165) is 34.2 Å². The minimum atomic E-state index is -0.131. The van der Waals surface area contributed by atoms with Crippen LogP contribution in [0.25, 0.3) is 16.3 Å². The molecule has 0 saturated heterocycles. The average Bonchev–Trinajstić information content (AvgIpc) is 3.35. The van der Waals surface area contributed by atoms with Gasteiger partial charge >= 0.3 is 0 Å². The molecule has 0 radical (unpaired) electrons. The minimum absolute atomic E-state index is 0.0753. The molecule has 2 bridgehead atoms. The summed E-state index contributed by atoms with van der Waals surface area (Å²) in [7, 11) is 0. The fourth-order valence-corrected chi connectivity index (χ4v) is 6.62. The van der Waals surface area contributed by atoms with Crippen molar-refractivity contribution >= 4 is 27.6 Å². The smallest absolute Gasteiger partial charge is 0.277 e. The highest BCUT2D eigenvalue weighted by molar-refractivity contribution is 7.16. The second kappa shape index (κ2) is 4.55. The van der Waals surface area contributed by atoms with Gasteiger partial charge in [-0.05, 0) is 54.4 Å².